The molecule has 1 heterocycles. The molecule has 1 aromatic carbocycles. The van der Waals surface area contributed by atoms with E-state index in [1.165, 1.54) is 0 Å². The molecule has 106 valence electrons. The lowest BCUT2D eigenvalue weighted by atomic mass is 9.95. The second-order valence-corrected chi connectivity index (χ2v) is 5.30. The second-order valence-electron chi connectivity index (χ2n) is 4.86. The standard InChI is InChI=1S/C15H17ClN2O2/c1-20-14-5-4-12(16)9-13(14)11(10-17)8-15(19)18-6-2-3-7-18/h4-5,9,11H,2-3,6-8H2,1H3. The Bertz CT molecular complexity index is 533. The molecule has 1 aromatic rings. The molecule has 0 aliphatic carbocycles. The van der Waals surface area contributed by atoms with Crippen LogP contribution in [0.25, 0.3) is 0 Å². The lowest BCUT2D eigenvalue weighted by Crippen LogP contribution is -2.28. The molecule has 0 radical (unpaired) electrons. The number of ether oxygens (including phenoxy) is 1. The Labute approximate surface area is 123 Å². The van der Waals surface area contributed by atoms with Gasteiger partial charge in [-0.3, -0.25) is 4.79 Å². The lowest BCUT2D eigenvalue weighted by molar-refractivity contribution is -0.130. The Balaban J connectivity index is 2.17. The molecule has 0 spiro atoms. The fourth-order valence-electron chi connectivity index (χ4n) is 2.47. The van der Waals surface area contributed by atoms with Crippen LogP contribution >= 0.6 is 11.6 Å². The zero-order chi connectivity index (χ0) is 14.5. The predicted octanol–water partition coefficient (Wildman–Crippen LogP) is 2.97. The van der Waals surface area contributed by atoms with E-state index in [9.17, 15) is 10.1 Å². The second kappa shape index (κ2) is 6.62. The molecule has 1 amide bonds. The minimum Gasteiger partial charge on any atom is -0.496 e. The molecule has 0 N–H and O–H groups in total. The summed E-state index contributed by atoms with van der Waals surface area (Å²) in [6.45, 7) is 1.59. The van der Waals surface area contributed by atoms with Crippen molar-refractivity contribution >= 4 is 17.5 Å². The van der Waals surface area contributed by atoms with Crippen molar-refractivity contribution in [2.24, 2.45) is 0 Å². The van der Waals surface area contributed by atoms with Crippen LogP contribution in [0.1, 0.15) is 30.7 Å². The summed E-state index contributed by atoms with van der Waals surface area (Å²) in [6.07, 6.45) is 2.26. The average Bonchev–Trinajstić information content (AvgIpc) is 2.98. The van der Waals surface area contributed by atoms with E-state index in [0.29, 0.717) is 16.3 Å². The van der Waals surface area contributed by atoms with Gasteiger partial charge in [0.15, 0.2) is 0 Å². The summed E-state index contributed by atoms with van der Waals surface area (Å²) in [5.74, 6) is 0.0861. The van der Waals surface area contributed by atoms with Crippen LogP contribution in [0, 0.1) is 11.3 Å². The average molecular weight is 293 g/mol. The molecule has 5 heteroatoms. The highest BCUT2D eigenvalue weighted by Gasteiger charge is 2.24. The first kappa shape index (κ1) is 14.7. The third-order valence-corrected chi connectivity index (χ3v) is 3.80. The van der Waals surface area contributed by atoms with Crippen LogP contribution in [-0.4, -0.2) is 31.0 Å². The van der Waals surface area contributed by atoms with Crippen molar-refractivity contribution in [3.8, 4) is 11.8 Å². The largest absolute Gasteiger partial charge is 0.496 e. The number of likely N-dealkylation sites (tertiary alicyclic amines) is 1. The van der Waals surface area contributed by atoms with Crippen LogP contribution in [-0.2, 0) is 4.79 Å². The number of nitrogens with zero attached hydrogens (tertiary/aromatic N) is 2. The van der Waals surface area contributed by atoms with Crippen molar-refractivity contribution in [1.82, 2.24) is 4.90 Å². The first-order valence-electron chi connectivity index (χ1n) is 6.66. The predicted molar refractivity (Wildman–Crippen MR) is 76.8 cm³/mol. The van der Waals surface area contributed by atoms with E-state index in [-0.39, 0.29) is 12.3 Å². The number of hydrogen-bond donors (Lipinski definition) is 0. The molecule has 1 unspecified atom stereocenters. The first-order valence-corrected chi connectivity index (χ1v) is 7.04. The van der Waals surface area contributed by atoms with Gasteiger partial charge >= 0.3 is 0 Å². The number of halogens is 1. The topological polar surface area (TPSA) is 53.3 Å². The van der Waals surface area contributed by atoms with Gasteiger partial charge in [0.1, 0.15) is 5.75 Å². The van der Waals surface area contributed by atoms with Crippen molar-refractivity contribution in [1.29, 1.82) is 5.26 Å². The van der Waals surface area contributed by atoms with Gasteiger partial charge in [-0.1, -0.05) is 11.6 Å². The smallest absolute Gasteiger partial charge is 0.224 e. The Morgan fingerprint density at radius 3 is 2.80 bits per heavy atom. The van der Waals surface area contributed by atoms with Gasteiger partial charge in [0, 0.05) is 30.1 Å². The van der Waals surface area contributed by atoms with Crippen molar-refractivity contribution in [2.75, 3.05) is 20.2 Å². The summed E-state index contributed by atoms with van der Waals surface area (Å²) in [4.78, 5) is 14.0. The number of amides is 1. The van der Waals surface area contributed by atoms with Crippen LogP contribution in [0.5, 0.6) is 5.75 Å². The number of benzene rings is 1. The maximum Gasteiger partial charge on any atom is 0.224 e. The minimum absolute atomic E-state index is 0.0241. The van der Waals surface area contributed by atoms with Gasteiger partial charge in [0.05, 0.1) is 19.1 Å². The molecule has 1 aliphatic heterocycles. The monoisotopic (exact) mass is 292 g/mol. The van der Waals surface area contributed by atoms with Gasteiger partial charge in [-0.15, -0.1) is 0 Å². The van der Waals surface area contributed by atoms with E-state index in [2.05, 4.69) is 6.07 Å². The fraction of sp³-hybridized carbons (Fsp3) is 0.467. The zero-order valence-corrected chi connectivity index (χ0v) is 12.2. The molecular weight excluding hydrogens is 276 g/mol. The van der Waals surface area contributed by atoms with E-state index in [4.69, 9.17) is 16.3 Å². The van der Waals surface area contributed by atoms with Gasteiger partial charge in [-0.25, -0.2) is 0 Å². The number of hydrogen-bond acceptors (Lipinski definition) is 3. The number of carbonyl (C=O) groups is 1. The van der Waals surface area contributed by atoms with Crippen molar-refractivity contribution < 1.29 is 9.53 Å². The van der Waals surface area contributed by atoms with Crippen LogP contribution < -0.4 is 4.74 Å². The van der Waals surface area contributed by atoms with Crippen LogP contribution in [0.3, 0.4) is 0 Å². The lowest BCUT2D eigenvalue weighted by Gasteiger charge is -2.18. The minimum atomic E-state index is -0.531. The highest BCUT2D eigenvalue weighted by Crippen LogP contribution is 2.32. The summed E-state index contributed by atoms with van der Waals surface area (Å²) in [5.41, 5.74) is 0.676. The number of methoxy groups -OCH3 is 1. The SMILES string of the molecule is COc1ccc(Cl)cc1C(C#N)CC(=O)N1CCCC1. The molecule has 1 atom stereocenters. The van der Waals surface area contributed by atoms with Crippen LogP contribution in [0.2, 0.25) is 5.02 Å². The molecule has 1 aliphatic rings. The van der Waals surface area contributed by atoms with Crippen LogP contribution in [0.15, 0.2) is 18.2 Å². The van der Waals surface area contributed by atoms with Crippen molar-refractivity contribution in [2.45, 2.75) is 25.2 Å². The summed E-state index contributed by atoms with van der Waals surface area (Å²) < 4.78 is 5.26. The summed E-state index contributed by atoms with van der Waals surface area (Å²) >= 11 is 5.98. The maximum atomic E-state index is 12.2. The summed E-state index contributed by atoms with van der Waals surface area (Å²) in [5, 5.41) is 9.90. The Hall–Kier alpha value is -1.73. The molecule has 0 aromatic heterocycles. The van der Waals surface area contributed by atoms with E-state index in [0.717, 1.165) is 25.9 Å². The molecule has 4 nitrogen and oxygen atoms in total. The molecule has 0 bridgehead atoms. The van der Waals surface area contributed by atoms with Gasteiger partial charge in [0.25, 0.3) is 0 Å². The van der Waals surface area contributed by atoms with E-state index in [1.807, 2.05) is 4.90 Å². The quantitative estimate of drug-likeness (QED) is 0.857. The van der Waals surface area contributed by atoms with Gasteiger partial charge < -0.3 is 9.64 Å². The molecule has 1 saturated heterocycles. The highest BCUT2D eigenvalue weighted by atomic mass is 35.5. The molecule has 1 fully saturated rings. The summed E-state index contributed by atoms with van der Waals surface area (Å²) in [6, 6.07) is 7.32. The molecule has 0 saturated carbocycles. The third kappa shape index (κ3) is 3.23. The Kier molecular flexibility index (Phi) is 4.86. The van der Waals surface area contributed by atoms with Gasteiger partial charge in [-0.05, 0) is 31.0 Å². The molecule has 20 heavy (non-hydrogen) atoms. The van der Waals surface area contributed by atoms with Gasteiger partial charge in [-0.2, -0.15) is 5.26 Å². The first-order chi connectivity index (χ1) is 9.65. The number of carbonyl (C=O) groups excluding carboxylic acids is 1. The highest BCUT2D eigenvalue weighted by molar-refractivity contribution is 6.30. The third-order valence-electron chi connectivity index (χ3n) is 3.56. The number of nitriles is 1. The van der Waals surface area contributed by atoms with E-state index < -0.39 is 5.92 Å². The fourth-order valence-corrected chi connectivity index (χ4v) is 2.65. The van der Waals surface area contributed by atoms with E-state index >= 15 is 0 Å². The van der Waals surface area contributed by atoms with Crippen molar-refractivity contribution in [3.05, 3.63) is 28.8 Å². The van der Waals surface area contributed by atoms with Gasteiger partial charge in [0.2, 0.25) is 5.91 Å². The molecule has 2 rings (SSSR count). The Morgan fingerprint density at radius 2 is 2.20 bits per heavy atom. The van der Waals surface area contributed by atoms with Crippen molar-refractivity contribution in [3.63, 3.8) is 0 Å². The maximum absolute atomic E-state index is 12.2. The normalized spacial score (nSPS) is 15.8. The molecular formula is C15H17ClN2O2. The number of rotatable bonds is 4. The van der Waals surface area contributed by atoms with Crippen LogP contribution in [0.4, 0.5) is 0 Å². The summed E-state index contributed by atoms with van der Waals surface area (Å²) in [7, 11) is 1.55. The Morgan fingerprint density at radius 1 is 1.50 bits per heavy atom. The zero-order valence-electron chi connectivity index (χ0n) is 11.4. The van der Waals surface area contributed by atoms with E-state index in [1.54, 1.807) is 25.3 Å².